The number of aryl methyl sites for hydroxylation is 1. The molecule has 2 N–H and O–H groups in total. The number of hydrogen-bond acceptors (Lipinski definition) is 6. The molecule has 2 heterocycles. The predicted molar refractivity (Wildman–Crippen MR) is 97.0 cm³/mol. The largest absolute Gasteiger partial charge is 0.497 e. The highest BCUT2D eigenvalue weighted by Gasteiger charge is 2.20. The first-order valence-electron chi connectivity index (χ1n) is 8.07. The Morgan fingerprint density at radius 3 is 2.81 bits per heavy atom. The fourth-order valence-electron chi connectivity index (χ4n) is 2.67. The molecule has 0 radical (unpaired) electrons. The molecule has 0 saturated carbocycles. The number of nitro groups is 1. The maximum absolute atomic E-state index is 12.3. The lowest BCUT2D eigenvalue weighted by atomic mass is 10.2. The van der Waals surface area contributed by atoms with Crippen molar-refractivity contribution in [3.63, 3.8) is 0 Å². The molecule has 0 saturated heterocycles. The highest BCUT2D eigenvalue weighted by atomic mass is 16.6. The molecular formula is C17H18N6O4. The van der Waals surface area contributed by atoms with E-state index in [9.17, 15) is 14.9 Å². The summed E-state index contributed by atoms with van der Waals surface area (Å²) < 4.78 is 7.00. The minimum atomic E-state index is -0.646. The fourth-order valence-corrected chi connectivity index (χ4v) is 2.67. The molecule has 3 rings (SSSR count). The number of anilines is 1. The smallest absolute Gasteiger partial charge is 0.343 e. The number of amides is 1. The molecule has 0 fully saturated rings. The number of methoxy groups -OCH3 is 1. The number of rotatable bonds is 6. The predicted octanol–water partition coefficient (Wildman–Crippen LogP) is 2.44. The van der Waals surface area contributed by atoms with Crippen molar-refractivity contribution in [1.29, 1.82) is 0 Å². The summed E-state index contributed by atoms with van der Waals surface area (Å²) in [5.41, 5.74) is 2.87. The number of aromatic amines is 1. The minimum Gasteiger partial charge on any atom is -0.497 e. The fraction of sp³-hybridized carbons (Fsp3) is 0.235. The average Bonchev–Trinajstić information content (AvgIpc) is 3.23. The molecule has 3 aromatic rings. The number of aromatic nitrogens is 4. The summed E-state index contributed by atoms with van der Waals surface area (Å²) in [6.07, 6.45) is 0. The van der Waals surface area contributed by atoms with Gasteiger partial charge in [0.1, 0.15) is 5.75 Å². The zero-order valence-electron chi connectivity index (χ0n) is 15.0. The number of carbonyl (C=O) groups is 1. The van der Waals surface area contributed by atoms with Crippen LogP contribution in [0.25, 0.3) is 0 Å². The topological polar surface area (TPSA) is 128 Å². The van der Waals surface area contributed by atoms with E-state index in [0.717, 1.165) is 23.1 Å². The summed E-state index contributed by atoms with van der Waals surface area (Å²) in [6.45, 7) is 4.12. The van der Waals surface area contributed by atoms with E-state index in [4.69, 9.17) is 4.74 Å². The Hall–Kier alpha value is -3.69. The zero-order chi connectivity index (χ0) is 19.6. The van der Waals surface area contributed by atoms with Crippen molar-refractivity contribution < 1.29 is 14.5 Å². The number of nitrogens with zero attached hydrogens (tertiary/aromatic N) is 4. The lowest BCUT2D eigenvalue weighted by molar-refractivity contribution is -0.389. The summed E-state index contributed by atoms with van der Waals surface area (Å²) in [5.74, 6) is -0.142. The van der Waals surface area contributed by atoms with Crippen LogP contribution >= 0.6 is 0 Å². The molecule has 1 amide bonds. The lowest BCUT2D eigenvalue weighted by Gasteiger charge is -2.07. The molecule has 27 heavy (non-hydrogen) atoms. The number of nitrogens with one attached hydrogen (secondary N) is 2. The zero-order valence-corrected chi connectivity index (χ0v) is 15.0. The maximum Gasteiger partial charge on any atom is 0.343 e. The van der Waals surface area contributed by atoms with Gasteiger partial charge in [-0.1, -0.05) is 17.2 Å². The van der Waals surface area contributed by atoms with E-state index in [1.807, 2.05) is 31.2 Å². The van der Waals surface area contributed by atoms with Gasteiger partial charge in [0.25, 0.3) is 5.91 Å². The van der Waals surface area contributed by atoms with Crippen LogP contribution in [0.1, 0.15) is 27.4 Å². The Morgan fingerprint density at radius 2 is 2.15 bits per heavy atom. The quantitative estimate of drug-likeness (QED) is 0.507. The van der Waals surface area contributed by atoms with E-state index in [1.165, 1.54) is 0 Å². The summed E-state index contributed by atoms with van der Waals surface area (Å²) in [6, 6.07) is 8.71. The highest BCUT2D eigenvalue weighted by Crippen LogP contribution is 2.22. The molecule has 140 valence electrons. The van der Waals surface area contributed by atoms with Crippen molar-refractivity contribution >= 4 is 17.4 Å². The normalized spacial score (nSPS) is 10.6. The van der Waals surface area contributed by atoms with E-state index >= 15 is 0 Å². The van der Waals surface area contributed by atoms with Gasteiger partial charge in [-0.3, -0.25) is 9.48 Å². The van der Waals surface area contributed by atoms with Crippen LogP contribution in [-0.4, -0.2) is 37.9 Å². The molecular weight excluding hydrogens is 352 g/mol. The minimum absolute atomic E-state index is 0.0685. The van der Waals surface area contributed by atoms with E-state index in [-0.39, 0.29) is 11.5 Å². The van der Waals surface area contributed by atoms with Crippen molar-refractivity contribution in [3.8, 4) is 5.75 Å². The Balaban J connectivity index is 1.80. The first-order chi connectivity index (χ1) is 12.9. The second kappa shape index (κ2) is 7.28. The van der Waals surface area contributed by atoms with E-state index in [0.29, 0.717) is 17.9 Å². The number of carbonyl (C=O) groups excluding carboxylic acids is 1. The molecule has 2 aromatic heterocycles. The molecule has 0 bridgehead atoms. The summed E-state index contributed by atoms with van der Waals surface area (Å²) in [7, 11) is 1.61. The van der Waals surface area contributed by atoms with Crippen LogP contribution in [0.3, 0.4) is 0 Å². The van der Waals surface area contributed by atoms with Crippen molar-refractivity contribution in [1.82, 2.24) is 20.0 Å². The molecule has 10 heteroatoms. The van der Waals surface area contributed by atoms with Crippen LogP contribution in [0.5, 0.6) is 5.75 Å². The molecule has 10 nitrogen and oxygen atoms in total. The van der Waals surface area contributed by atoms with Gasteiger partial charge in [0.05, 0.1) is 36.8 Å². The van der Waals surface area contributed by atoms with Crippen LogP contribution in [0.4, 0.5) is 11.5 Å². The van der Waals surface area contributed by atoms with E-state index in [2.05, 4.69) is 20.6 Å². The third kappa shape index (κ3) is 3.78. The standard InChI is InChI=1S/C17H18N6O4/c1-10-16(18-17(24)14-8-15(20-19-14)23(25)26)11(2)22(21-10)9-12-5-4-6-13(7-12)27-3/h4-8H,9H2,1-3H3,(H,18,24)(H,19,20). The molecule has 0 aliphatic rings. The molecule has 0 spiro atoms. The monoisotopic (exact) mass is 370 g/mol. The van der Waals surface area contributed by atoms with Crippen LogP contribution in [-0.2, 0) is 6.54 Å². The van der Waals surface area contributed by atoms with E-state index in [1.54, 1.807) is 18.7 Å². The molecule has 0 aliphatic heterocycles. The van der Waals surface area contributed by atoms with Gasteiger partial charge in [-0.15, -0.1) is 5.10 Å². The van der Waals surface area contributed by atoms with Crippen molar-refractivity contribution in [3.05, 3.63) is 63.1 Å². The first kappa shape index (κ1) is 18.1. The number of ether oxygens (including phenoxy) is 1. The van der Waals surface area contributed by atoms with Crippen LogP contribution in [0.2, 0.25) is 0 Å². The number of benzene rings is 1. The van der Waals surface area contributed by atoms with Crippen LogP contribution in [0, 0.1) is 24.0 Å². The molecule has 0 aliphatic carbocycles. The third-order valence-corrected chi connectivity index (χ3v) is 4.08. The second-order valence-electron chi connectivity index (χ2n) is 5.90. The highest BCUT2D eigenvalue weighted by molar-refractivity contribution is 6.03. The average molecular weight is 370 g/mol. The Kier molecular flexibility index (Phi) is 4.88. The van der Waals surface area contributed by atoms with Gasteiger partial charge in [0.2, 0.25) is 0 Å². The van der Waals surface area contributed by atoms with E-state index < -0.39 is 10.8 Å². The van der Waals surface area contributed by atoms with Gasteiger partial charge >= 0.3 is 5.82 Å². The van der Waals surface area contributed by atoms with Gasteiger partial charge < -0.3 is 20.2 Å². The van der Waals surface area contributed by atoms with Crippen LogP contribution in [0.15, 0.2) is 30.3 Å². The van der Waals surface area contributed by atoms with Gasteiger partial charge in [-0.05, 0) is 36.5 Å². The summed E-state index contributed by atoms with van der Waals surface area (Å²) in [5, 5.41) is 23.8. The Labute approximate surface area is 154 Å². The molecule has 0 unspecified atom stereocenters. The first-order valence-corrected chi connectivity index (χ1v) is 8.07. The third-order valence-electron chi connectivity index (χ3n) is 4.08. The lowest BCUT2D eigenvalue weighted by Crippen LogP contribution is -2.14. The Morgan fingerprint density at radius 1 is 1.37 bits per heavy atom. The molecule has 0 atom stereocenters. The van der Waals surface area contributed by atoms with Gasteiger partial charge in [-0.2, -0.15) is 5.10 Å². The Bertz CT molecular complexity index is 1010. The molecule has 1 aromatic carbocycles. The number of hydrogen-bond donors (Lipinski definition) is 2. The van der Waals surface area contributed by atoms with Crippen molar-refractivity contribution in [2.24, 2.45) is 0 Å². The van der Waals surface area contributed by atoms with Crippen molar-refractivity contribution in [2.45, 2.75) is 20.4 Å². The van der Waals surface area contributed by atoms with Gasteiger partial charge in [0, 0.05) is 0 Å². The summed E-state index contributed by atoms with van der Waals surface area (Å²) in [4.78, 5) is 22.4. The SMILES string of the molecule is COc1cccc(Cn2nc(C)c(NC(=O)c3cc([N+](=O)[O-])[nH]n3)c2C)c1. The van der Waals surface area contributed by atoms with Gasteiger partial charge in [0.15, 0.2) is 5.69 Å². The van der Waals surface area contributed by atoms with Crippen LogP contribution < -0.4 is 10.1 Å². The number of H-pyrrole nitrogens is 1. The summed E-state index contributed by atoms with van der Waals surface area (Å²) >= 11 is 0. The maximum atomic E-state index is 12.3. The second-order valence-corrected chi connectivity index (χ2v) is 5.90. The van der Waals surface area contributed by atoms with Gasteiger partial charge in [-0.25, -0.2) is 0 Å². The van der Waals surface area contributed by atoms with Crippen molar-refractivity contribution in [2.75, 3.05) is 12.4 Å².